The van der Waals surface area contributed by atoms with Gasteiger partial charge in [0.1, 0.15) is 24.2 Å². The first-order valence-electron chi connectivity index (χ1n) is 12.9. The van der Waals surface area contributed by atoms with Gasteiger partial charge >= 0.3 is 0 Å². The van der Waals surface area contributed by atoms with Gasteiger partial charge in [-0.1, -0.05) is 43.3 Å². The van der Waals surface area contributed by atoms with Crippen molar-refractivity contribution in [2.24, 2.45) is 0 Å². The zero-order valence-electron chi connectivity index (χ0n) is 23.4. The highest BCUT2D eigenvalue weighted by atomic mass is 32.2. The molecule has 0 saturated heterocycles. The van der Waals surface area contributed by atoms with E-state index in [1.54, 1.807) is 43.3 Å². The van der Waals surface area contributed by atoms with Gasteiger partial charge in [0.25, 0.3) is 10.0 Å². The molecule has 0 heterocycles. The highest BCUT2D eigenvalue weighted by Gasteiger charge is 2.34. The van der Waals surface area contributed by atoms with Crippen LogP contribution in [0.3, 0.4) is 0 Å². The summed E-state index contributed by atoms with van der Waals surface area (Å²) in [5.41, 5.74) is 0.263. The first-order chi connectivity index (χ1) is 18.9. The number of carbonyl (C=O) groups is 2. The molecule has 0 saturated carbocycles. The Morgan fingerprint density at radius 3 is 2.20 bits per heavy atom. The number of hydrogen-bond donors (Lipinski definition) is 1. The average molecular weight is 570 g/mol. The van der Waals surface area contributed by atoms with E-state index in [-0.39, 0.29) is 29.5 Å². The number of amides is 2. The Balaban J connectivity index is 2.07. The minimum absolute atomic E-state index is 0.00761. The molecule has 0 spiro atoms. The largest absolute Gasteiger partial charge is 0.497 e. The van der Waals surface area contributed by atoms with E-state index in [0.717, 1.165) is 4.31 Å². The van der Waals surface area contributed by atoms with E-state index in [0.29, 0.717) is 11.3 Å². The second kappa shape index (κ2) is 13.0. The van der Waals surface area contributed by atoms with Gasteiger partial charge in [-0.2, -0.15) is 0 Å². The number of benzene rings is 3. The summed E-state index contributed by atoms with van der Waals surface area (Å²) in [6, 6.07) is 18.9. The number of hydrogen-bond acceptors (Lipinski definition) is 5. The molecular formula is C30H36FN3O5S. The molecule has 0 aliphatic carbocycles. The predicted octanol–water partition coefficient (Wildman–Crippen LogP) is 4.75. The average Bonchev–Trinajstić information content (AvgIpc) is 2.92. The van der Waals surface area contributed by atoms with Crippen molar-refractivity contribution in [3.63, 3.8) is 0 Å². The fourth-order valence-electron chi connectivity index (χ4n) is 4.17. The first kappa shape index (κ1) is 30.6. The molecule has 214 valence electrons. The molecule has 3 rings (SSSR count). The summed E-state index contributed by atoms with van der Waals surface area (Å²) in [4.78, 5) is 28.7. The molecule has 0 bridgehead atoms. The molecule has 0 aromatic heterocycles. The van der Waals surface area contributed by atoms with Crippen LogP contribution in [-0.4, -0.2) is 50.4 Å². The summed E-state index contributed by atoms with van der Waals surface area (Å²) in [6.45, 7) is 6.68. The van der Waals surface area contributed by atoms with Crippen LogP contribution in [0.15, 0.2) is 83.8 Å². The zero-order chi connectivity index (χ0) is 29.5. The Hall–Kier alpha value is -3.92. The summed E-state index contributed by atoms with van der Waals surface area (Å²) in [7, 11) is -2.72. The molecule has 1 N–H and O–H groups in total. The van der Waals surface area contributed by atoms with E-state index in [9.17, 15) is 22.4 Å². The van der Waals surface area contributed by atoms with Crippen molar-refractivity contribution in [3.05, 3.63) is 90.2 Å². The molecule has 0 unspecified atom stereocenters. The SMILES string of the molecule is CC[C@@H](C(=O)NC(C)(C)C)N(Cc1ccc(F)cc1)C(=O)CN(c1cccc(OC)c1)S(=O)(=O)c1ccccc1. The zero-order valence-corrected chi connectivity index (χ0v) is 24.2. The van der Waals surface area contributed by atoms with Crippen molar-refractivity contribution >= 4 is 27.5 Å². The minimum atomic E-state index is -4.19. The minimum Gasteiger partial charge on any atom is -0.497 e. The van der Waals surface area contributed by atoms with Gasteiger partial charge in [0.15, 0.2) is 0 Å². The number of rotatable bonds is 11. The summed E-state index contributed by atoms with van der Waals surface area (Å²) >= 11 is 0. The van der Waals surface area contributed by atoms with Crippen LogP contribution < -0.4 is 14.4 Å². The first-order valence-corrected chi connectivity index (χ1v) is 14.4. The molecule has 0 aliphatic heterocycles. The van der Waals surface area contributed by atoms with Crippen molar-refractivity contribution in [2.75, 3.05) is 18.0 Å². The van der Waals surface area contributed by atoms with Gasteiger partial charge in [0, 0.05) is 18.2 Å². The number of sulfonamides is 1. The number of anilines is 1. The highest BCUT2D eigenvalue weighted by molar-refractivity contribution is 7.92. The van der Waals surface area contributed by atoms with Crippen molar-refractivity contribution in [2.45, 2.75) is 57.1 Å². The number of nitrogens with zero attached hydrogens (tertiary/aromatic N) is 2. The summed E-state index contributed by atoms with van der Waals surface area (Å²) in [5.74, 6) is -0.985. The molecule has 0 radical (unpaired) electrons. The normalized spacial score (nSPS) is 12.3. The molecule has 40 heavy (non-hydrogen) atoms. The second-order valence-electron chi connectivity index (χ2n) is 10.3. The van der Waals surface area contributed by atoms with E-state index in [2.05, 4.69) is 5.32 Å². The predicted molar refractivity (Wildman–Crippen MR) is 153 cm³/mol. The van der Waals surface area contributed by atoms with Gasteiger partial charge in [-0.25, -0.2) is 12.8 Å². The van der Waals surface area contributed by atoms with Crippen LogP contribution in [0.4, 0.5) is 10.1 Å². The molecule has 2 amide bonds. The lowest BCUT2D eigenvalue weighted by molar-refractivity contribution is -0.141. The number of halogens is 1. The fraction of sp³-hybridized carbons (Fsp3) is 0.333. The second-order valence-corrected chi connectivity index (χ2v) is 12.2. The standard InChI is InChI=1S/C30H36FN3O5S/c1-6-27(29(36)32-30(2,3)4)33(20-22-15-17-23(31)18-16-22)28(35)21-34(24-11-10-12-25(19-24)39-5)40(37,38)26-13-8-7-9-14-26/h7-19,27H,6,20-21H2,1-5H3,(H,32,36)/t27-/m0/s1. The van der Waals surface area contributed by atoms with Crippen LogP contribution in [0.1, 0.15) is 39.7 Å². The van der Waals surface area contributed by atoms with Gasteiger partial charge in [0.2, 0.25) is 11.8 Å². The van der Waals surface area contributed by atoms with Crippen molar-refractivity contribution in [1.82, 2.24) is 10.2 Å². The Labute approximate surface area is 235 Å². The van der Waals surface area contributed by atoms with Crippen LogP contribution in [0.25, 0.3) is 0 Å². The van der Waals surface area contributed by atoms with Crippen LogP contribution in [-0.2, 0) is 26.2 Å². The monoisotopic (exact) mass is 569 g/mol. The third-order valence-corrected chi connectivity index (χ3v) is 7.89. The lowest BCUT2D eigenvalue weighted by Gasteiger charge is -2.34. The maximum atomic E-state index is 14.0. The van der Waals surface area contributed by atoms with E-state index in [1.165, 1.54) is 54.5 Å². The maximum absolute atomic E-state index is 14.0. The van der Waals surface area contributed by atoms with Crippen molar-refractivity contribution in [1.29, 1.82) is 0 Å². The Morgan fingerprint density at radius 1 is 0.975 bits per heavy atom. The maximum Gasteiger partial charge on any atom is 0.264 e. The lowest BCUT2D eigenvalue weighted by atomic mass is 10.1. The molecule has 0 fully saturated rings. The van der Waals surface area contributed by atoms with E-state index < -0.39 is 39.9 Å². The highest BCUT2D eigenvalue weighted by Crippen LogP contribution is 2.28. The van der Waals surface area contributed by atoms with Gasteiger partial charge in [-0.15, -0.1) is 0 Å². The molecule has 3 aromatic rings. The lowest BCUT2D eigenvalue weighted by Crippen LogP contribution is -2.55. The molecule has 8 nitrogen and oxygen atoms in total. The number of methoxy groups -OCH3 is 1. The van der Waals surface area contributed by atoms with Gasteiger partial charge < -0.3 is 15.0 Å². The third-order valence-electron chi connectivity index (χ3n) is 6.10. The van der Waals surface area contributed by atoms with Crippen molar-refractivity contribution in [3.8, 4) is 5.75 Å². The van der Waals surface area contributed by atoms with Crippen molar-refractivity contribution < 1.29 is 27.1 Å². The van der Waals surface area contributed by atoms with Crippen LogP contribution in [0, 0.1) is 5.82 Å². The quantitative estimate of drug-likeness (QED) is 0.360. The molecule has 3 aromatic carbocycles. The summed E-state index contributed by atoms with van der Waals surface area (Å²) in [6.07, 6.45) is 0.277. The number of ether oxygens (including phenoxy) is 1. The molecule has 1 atom stereocenters. The summed E-state index contributed by atoms with van der Waals surface area (Å²) in [5, 5.41) is 2.92. The van der Waals surface area contributed by atoms with Gasteiger partial charge in [-0.05, 0) is 69.2 Å². The van der Waals surface area contributed by atoms with Crippen LogP contribution in [0.2, 0.25) is 0 Å². The Morgan fingerprint density at radius 2 is 1.62 bits per heavy atom. The number of carbonyl (C=O) groups excluding carboxylic acids is 2. The van der Waals surface area contributed by atoms with Crippen LogP contribution in [0.5, 0.6) is 5.75 Å². The van der Waals surface area contributed by atoms with E-state index in [1.807, 2.05) is 20.8 Å². The fourth-order valence-corrected chi connectivity index (χ4v) is 5.60. The van der Waals surface area contributed by atoms with Gasteiger partial charge in [0.05, 0.1) is 17.7 Å². The van der Waals surface area contributed by atoms with E-state index in [4.69, 9.17) is 4.74 Å². The molecular weight excluding hydrogens is 533 g/mol. The summed E-state index contributed by atoms with van der Waals surface area (Å²) < 4.78 is 47.6. The third kappa shape index (κ3) is 7.81. The Bertz CT molecular complexity index is 1410. The topological polar surface area (TPSA) is 96.0 Å². The Kier molecular flexibility index (Phi) is 9.92. The smallest absolute Gasteiger partial charge is 0.264 e. The van der Waals surface area contributed by atoms with Gasteiger partial charge in [-0.3, -0.25) is 13.9 Å². The van der Waals surface area contributed by atoms with Crippen LogP contribution >= 0.6 is 0 Å². The van der Waals surface area contributed by atoms with E-state index >= 15 is 0 Å². The molecule has 10 heteroatoms. The number of nitrogens with one attached hydrogen (secondary N) is 1. The molecule has 0 aliphatic rings.